The molecule has 1 fully saturated rings. The van der Waals surface area contributed by atoms with Crippen LogP contribution >= 0.6 is 0 Å². The van der Waals surface area contributed by atoms with Gasteiger partial charge in [0.05, 0.1) is 24.5 Å². The Labute approximate surface area is 116 Å². The average Bonchev–Trinajstić information content (AvgIpc) is 2.96. The van der Waals surface area contributed by atoms with E-state index in [1.807, 2.05) is 0 Å². The lowest BCUT2D eigenvalue weighted by Gasteiger charge is -2.12. The quantitative estimate of drug-likeness (QED) is 0.845. The monoisotopic (exact) mass is 285 g/mol. The van der Waals surface area contributed by atoms with Crippen LogP contribution in [0.1, 0.15) is 29.6 Å². The van der Waals surface area contributed by atoms with Gasteiger partial charge in [-0.15, -0.1) is 0 Å². The second kappa shape index (κ2) is 6.65. The molecular weight excluding hydrogens is 268 g/mol. The third kappa shape index (κ3) is 3.25. The summed E-state index contributed by atoms with van der Waals surface area (Å²) in [6, 6.07) is 2.54. The Morgan fingerprint density at radius 1 is 1.45 bits per heavy atom. The maximum atomic E-state index is 13.8. The first-order valence-corrected chi connectivity index (χ1v) is 6.55. The summed E-state index contributed by atoms with van der Waals surface area (Å²) in [5, 5.41) is 2.82. The molecule has 1 heterocycles. The third-order valence-electron chi connectivity index (χ3n) is 3.29. The predicted octanol–water partition coefficient (Wildman–Crippen LogP) is 2.73. The summed E-state index contributed by atoms with van der Waals surface area (Å²) >= 11 is 0. The van der Waals surface area contributed by atoms with E-state index in [4.69, 9.17) is 4.74 Å². The van der Waals surface area contributed by atoms with Gasteiger partial charge in [0, 0.05) is 13.2 Å². The van der Waals surface area contributed by atoms with Crippen LogP contribution in [0.3, 0.4) is 0 Å². The van der Waals surface area contributed by atoms with E-state index in [2.05, 4.69) is 10.1 Å². The molecule has 0 aromatic heterocycles. The number of carbonyl (C=O) groups is 1. The largest absolute Gasteiger partial charge is 0.465 e. The number of hydrogen-bond donors (Lipinski definition) is 1. The number of benzene rings is 1. The van der Waals surface area contributed by atoms with E-state index in [1.165, 1.54) is 12.1 Å². The van der Waals surface area contributed by atoms with Crippen LogP contribution in [0, 0.1) is 11.6 Å². The highest BCUT2D eigenvalue weighted by molar-refractivity contribution is 5.90. The molecule has 0 saturated carbocycles. The van der Waals surface area contributed by atoms with Gasteiger partial charge in [-0.2, -0.15) is 0 Å². The van der Waals surface area contributed by atoms with Gasteiger partial charge in [-0.05, 0) is 31.4 Å². The molecule has 110 valence electrons. The summed E-state index contributed by atoms with van der Waals surface area (Å²) in [7, 11) is 1.12. The van der Waals surface area contributed by atoms with Crippen molar-refractivity contribution in [3.8, 4) is 0 Å². The van der Waals surface area contributed by atoms with Crippen LogP contribution in [0.2, 0.25) is 0 Å². The van der Waals surface area contributed by atoms with Crippen LogP contribution in [-0.4, -0.2) is 32.3 Å². The topological polar surface area (TPSA) is 47.6 Å². The zero-order valence-corrected chi connectivity index (χ0v) is 11.2. The first-order valence-electron chi connectivity index (χ1n) is 6.55. The van der Waals surface area contributed by atoms with Gasteiger partial charge < -0.3 is 14.8 Å². The van der Waals surface area contributed by atoms with E-state index in [9.17, 15) is 13.6 Å². The fourth-order valence-corrected chi connectivity index (χ4v) is 2.19. The molecule has 0 spiro atoms. The van der Waals surface area contributed by atoms with Crippen molar-refractivity contribution >= 4 is 11.7 Å². The second-order valence-electron chi connectivity index (χ2n) is 4.63. The molecule has 1 N–H and O–H groups in total. The van der Waals surface area contributed by atoms with Crippen LogP contribution in [0.15, 0.2) is 12.1 Å². The SMILES string of the molecule is COC(=O)c1ccc(NCCC2CCCO2)c(F)c1F. The Balaban J connectivity index is 1.98. The molecule has 4 nitrogen and oxygen atoms in total. The normalized spacial score (nSPS) is 18.1. The molecule has 1 aliphatic rings. The van der Waals surface area contributed by atoms with Crippen molar-refractivity contribution in [2.75, 3.05) is 25.6 Å². The molecule has 2 rings (SSSR count). The van der Waals surface area contributed by atoms with Crippen LogP contribution in [0.4, 0.5) is 14.5 Å². The van der Waals surface area contributed by atoms with Crippen LogP contribution in [-0.2, 0) is 9.47 Å². The number of carbonyl (C=O) groups excluding carboxylic acids is 1. The Kier molecular flexibility index (Phi) is 4.89. The van der Waals surface area contributed by atoms with Crippen LogP contribution < -0.4 is 5.32 Å². The van der Waals surface area contributed by atoms with Gasteiger partial charge >= 0.3 is 5.97 Å². The molecule has 1 atom stereocenters. The zero-order chi connectivity index (χ0) is 14.5. The molecule has 0 amide bonds. The molecule has 1 aliphatic heterocycles. The van der Waals surface area contributed by atoms with E-state index >= 15 is 0 Å². The molecule has 20 heavy (non-hydrogen) atoms. The first kappa shape index (κ1) is 14.7. The molecular formula is C14H17F2NO3. The Morgan fingerprint density at radius 3 is 2.90 bits per heavy atom. The molecule has 6 heteroatoms. The number of methoxy groups -OCH3 is 1. The van der Waals surface area contributed by atoms with Gasteiger partial charge in [-0.1, -0.05) is 0 Å². The van der Waals surface area contributed by atoms with Crippen molar-refractivity contribution in [2.45, 2.75) is 25.4 Å². The Hall–Kier alpha value is -1.69. The standard InChI is InChI=1S/C14H17F2NO3/c1-19-14(18)10-4-5-11(13(16)12(10)15)17-7-6-9-3-2-8-20-9/h4-5,9,17H,2-3,6-8H2,1H3. The maximum absolute atomic E-state index is 13.8. The minimum Gasteiger partial charge on any atom is -0.465 e. The van der Waals surface area contributed by atoms with Gasteiger partial charge in [-0.25, -0.2) is 13.6 Å². The highest BCUT2D eigenvalue weighted by atomic mass is 19.2. The van der Waals surface area contributed by atoms with Gasteiger partial charge in [0.2, 0.25) is 0 Å². The molecule has 1 unspecified atom stereocenters. The van der Waals surface area contributed by atoms with E-state index in [0.717, 1.165) is 33.0 Å². The molecule has 1 aromatic rings. The number of anilines is 1. The fraction of sp³-hybridized carbons (Fsp3) is 0.500. The first-order chi connectivity index (χ1) is 9.63. The lowest BCUT2D eigenvalue weighted by atomic mass is 10.1. The lowest BCUT2D eigenvalue weighted by molar-refractivity contribution is 0.0594. The van der Waals surface area contributed by atoms with Gasteiger partial charge in [0.25, 0.3) is 0 Å². The van der Waals surface area contributed by atoms with Gasteiger partial charge in [0.15, 0.2) is 11.6 Å². The maximum Gasteiger partial charge on any atom is 0.340 e. The number of ether oxygens (including phenoxy) is 2. The van der Waals surface area contributed by atoms with Crippen LogP contribution in [0.5, 0.6) is 0 Å². The summed E-state index contributed by atoms with van der Waals surface area (Å²) in [4.78, 5) is 11.2. The second-order valence-corrected chi connectivity index (χ2v) is 4.63. The van der Waals surface area contributed by atoms with Gasteiger partial charge in [-0.3, -0.25) is 0 Å². The highest BCUT2D eigenvalue weighted by Crippen LogP contribution is 2.22. The highest BCUT2D eigenvalue weighted by Gasteiger charge is 2.19. The summed E-state index contributed by atoms with van der Waals surface area (Å²) < 4.78 is 37.3. The Bertz CT molecular complexity index is 488. The van der Waals surface area contributed by atoms with Crippen molar-refractivity contribution in [3.63, 3.8) is 0 Å². The van der Waals surface area contributed by atoms with Crippen molar-refractivity contribution in [1.82, 2.24) is 0 Å². The number of hydrogen-bond acceptors (Lipinski definition) is 4. The van der Waals surface area contributed by atoms with E-state index in [-0.39, 0.29) is 11.8 Å². The fourth-order valence-electron chi connectivity index (χ4n) is 2.19. The Morgan fingerprint density at radius 2 is 2.25 bits per heavy atom. The third-order valence-corrected chi connectivity index (χ3v) is 3.29. The van der Waals surface area contributed by atoms with Crippen molar-refractivity contribution in [1.29, 1.82) is 0 Å². The minimum atomic E-state index is -1.20. The average molecular weight is 285 g/mol. The van der Waals surface area contributed by atoms with Gasteiger partial charge in [0.1, 0.15) is 0 Å². The molecule has 0 radical (unpaired) electrons. The molecule has 0 aliphatic carbocycles. The van der Waals surface area contributed by atoms with E-state index in [1.54, 1.807) is 0 Å². The number of halogens is 2. The molecule has 1 aromatic carbocycles. The summed E-state index contributed by atoms with van der Waals surface area (Å²) in [5.41, 5.74) is -0.372. The van der Waals surface area contributed by atoms with E-state index in [0.29, 0.717) is 6.54 Å². The molecule has 1 saturated heterocycles. The number of esters is 1. The lowest BCUT2D eigenvalue weighted by Crippen LogP contribution is -2.14. The van der Waals surface area contributed by atoms with Crippen molar-refractivity contribution in [2.24, 2.45) is 0 Å². The minimum absolute atomic E-state index is 0.0353. The van der Waals surface area contributed by atoms with Crippen molar-refractivity contribution in [3.05, 3.63) is 29.3 Å². The van der Waals surface area contributed by atoms with Crippen molar-refractivity contribution < 1.29 is 23.0 Å². The number of rotatable bonds is 5. The summed E-state index contributed by atoms with van der Waals surface area (Å²) in [6.07, 6.45) is 2.96. The summed E-state index contributed by atoms with van der Waals surface area (Å²) in [6.45, 7) is 1.25. The number of nitrogens with one attached hydrogen (secondary N) is 1. The van der Waals surface area contributed by atoms with E-state index < -0.39 is 23.2 Å². The summed E-state index contributed by atoms with van der Waals surface area (Å²) in [5.74, 6) is -3.16. The smallest absolute Gasteiger partial charge is 0.340 e. The predicted molar refractivity (Wildman–Crippen MR) is 69.8 cm³/mol. The molecule has 0 bridgehead atoms. The zero-order valence-electron chi connectivity index (χ0n) is 11.2. The van der Waals surface area contributed by atoms with Crippen LogP contribution in [0.25, 0.3) is 0 Å².